The van der Waals surface area contributed by atoms with Crippen LogP contribution in [0, 0.1) is 27.7 Å². The minimum atomic E-state index is -0.928. The number of rotatable bonds is 9. The molecule has 0 aliphatic carbocycles. The molecule has 0 fully saturated rings. The Bertz CT molecular complexity index is 1100. The van der Waals surface area contributed by atoms with Crippen LogP contribution in [-0.4, -0.2) is 14.4 Å². The van der Waals surface area contributed by atoms with Gasteiger partial charge >= 0.3 is 7.32 Å². The molecular weight excluding hydrogens is 431 g/mol. The van der Waals surface area contributed by atoms with Crippen LogP contribution in [0.5, 0.6) is 0 Å². The molecule has 3 nitrogen and oxygen atoms in total. The topological polar surface area (TPSA) is 27.7 Å². The summed E-state index contributed by atoms with van der Waals surface area (Å²) in [4.78, 5) is 0. The van der Waals surface area contributed by atoms with Gasteiger partial charge in [0.15, 0.2) is 0 Å². The molecule has 0 aliphatic heterocycles. The first-order chi connectivity index (χ1) is 16.9. The standard InChI is InChI=1S/C31H33BO3/c1-23-6-14-27(15-7-23)22-34-32(33-5)35-31(28-16-8-24(2)9-17-28,29-18-10-25(3)11-19-29)30-20-12-26(4)13-21-30/h6-21H,22H2,1-5H3. The van der Waals surface area contributed by atoms with E-state index in [4.69, 9.17) is 14.0 Å². The van der Waals surface area contributed by atoms with E-state index in [-0.39, 0.29) is 0 Å². The lowest BCUT2D eigenvalue weighted by molar-refractivity contribution is 0.0403. The smallest absolute Gasteiger partial charge is 0.389 e. The second-order valence-electron chi connectivity index (χ2n) is 9.22. The Balaban J connectivity index is 1.80. The van der Waals surface area contributed by atoms with Gasteiger partial charge in [0.25, 0.3) is 0 Å². The van der Waals surface area contributed by atoms with E-state index in [0.29, 0.717) is 6.61 Å². The van der Waals surface area contributed by atoms with Gasteiger partial charge in [0.05, 0.1) is 6.61 Å². The third kappa shape index (κ3) is 5.74. The summed E-state index contributed by atoms with van der Waals surface area (Å²) < 4.78 is 18.8. The zero-order valence-corrected chi connectivity index (χ0v) is 21.2. The molecule has 0 aliphatic rings. The summed E-state index contributed by atoms with van der Waals surface area (Å²) >= 11 is 0. The Morgan fingerprint density at radius 2 is 0.886 bits per heavy atom. The number of hydrogen-bond acceptors (Lipinski definition) is 3. The van der Waals surface area contributed by atoms with Gasteiger partial charge in [-0.2, -0.15) is 0 Å². The maximum atomic E-state index is 6.87. The Labute approximate surface area is 209 Å². The molecule has 0 unspecified atom stereocenters. The van der Waals surface area contributed by atoms with Gasteiger partial charge in [0, 0.05) is 7.11 Å². The molecule has 4 heteroatoms. The number of aryl methyl sites for hydroxylation is 4. The predicted molar refractivity (Wildman–Crippen MR) is 143 cm³/mol. The normalized spacial score (nSPS) is 11.5. The second kappa shape index (κ2) is 11.0. The maximum Gasteiger partial charge on any atom is 0.640 e. The van der Waals surface area contributed by atoms with Crippen LogP contribution in [0.15, 0.2) is 97.1 Å². The Kier molecular flexibility index (Phi) is 7.87. The van der Waals surface area contributed by atoms with E-state index in [1.807, 2.05) is 0 Å². The summed E-state index contributed by atoms with van der Waals surface area (Å²) in [7, 11) is 0.726. The molecule has 4 aromatic rings. The molecule has 0 bridgehead atoms. The fraction of sp³-hybridized carbons (Fsp3) is 0.226. The maximum absolute atomic E-state index is 6.87. The van der Waals surface area contributed by atoms with Gasteiger partial charge < -0.3 is 14.0 Å². The third-order valence-electron chi connectivity index (χ3n) is 6.35. The molecule has 4 rings (SSSR count). The van der Waals surface area contributed by atoms with E-state index < -0.39 is 12.9 Å². The van der Waals surface area contributed by atoms with Crippen LogP contribution in [0.2, 0.25) is 0 Å². The van der Waals surface area contributed by atoms with Crippen molar-refractivity contribution in [1.82, 2.24) is 0 Å². The van der Waals surface area contributed by atoms with Crippen molar-refractivity contribution in [2.45, 2.75) is 39.9 Å². The van der Waals surface area contributed by atoms with Crippen molar-refractivity contribution >= 4 is 7.32 Å². The van der Waals surface area contributed by atoms with Gasteiger partial charge in [-0.05, 0) is 49.9 Å². The van der Waals surface area contributed by atoms with E-state index in [1.165, 1.54) is 22.3 Å². The molecule has 35 heavy (non-hydrogen) atoms. The SMILES string of the molecule is COB(OCc1ccc(C)cc1)OC(c1ccc(C)cc1)(c1ccc(C)cc1)c1ccc(C)cc1. The highest BCUT2D eigenvalue weighted by Crippen LogP contribution is 2.41. The summed E-state index contributed by atoms with van der Waals surface area (Å²) in [5, 5.41) is 0. The summed E-state index contributed by atoms with van der Waals surface area (Å²) in [6.45, 7) is 8.72. The monoisotopic (exact) mass is 464 g/mol. The van der Waals surface area contributed by atoms with Gasteiger partial charge in [-0.1, -0.05) is 119 Å². The van der Waals surface area contributed by atoms with Crippen molar-refractivity contribution in [2.75, 3.05) is 7.11 Å². The lowest BCUT2D eigenvalue weighted by Crippen LogP contribution is -2.41. The molecule has 4 aromatic carbocycles. The van der Waals surface area contributed by atoms with Crippen LogP contribution in [0.4, 0.5) is 0 Å². The highest BCUT2D eigenvalue weighted by atomic mass is 16.7. The molecule has 0 aromatic heterocycles. The van der Waals surface area contributed by atoms with Gasteiger partial charge in [0.1, 0.15) is 5.60 Å². The molecule has 0 saturated heterocycles. The average molecular weight is 464 g/mol. The largest absolute Gasteiger partial charge is 0.640 e. The van der Waals surface area contributed by atoms with Crippen molar-refractivity contribution in [1.29, 1.82) is 0 Å². The molecule has 0 radical (unpaired) electrons. The summed E-state index contributed by atoms with van der Waals surface area (Å²) in [5.74, 6) is 0. The van der Waals surface area contributed by atoms with E-state index >= 15 is 0 Å². The van der Waals surface area contributed by atoms with Crippen LogP contribution in [0.25, 0.3) is 0 Å². The zero-order chi connectivity index (χ0) is 24.8. The quantitative estimate of drug-likeness (QED) is 0.196. The summed E-state index contributed by atoms with van der Waals surface area (Å²) in [6.07, 6.45) is 0. The van der Waals surface area contributed by atoms with Crippen molar-refractivity contribution < 1.29 is 14.0 Å². The van der Waals surface area contributed by atoms with Gasteiger partial charge in [-0.3, -0.25) is 0 Å². The second-order valence-corrected chi connectivity index (χ2v) is 9.22. The average Bonchev–Trinajstić information content (AvgIpc) is 2.87. The van der Waals surface area contributed by atoms with Crippen LogP contribution in [0.3, 0.4) is 0 Å². The number of hydrogen-bond donors (Lipinski definition) is 0. The molecule has 178 valence electrons. The zero-order valence-electron chi connectivity index (χ0n) is 21.2. The molecule has 0 saturated carbocycles. The van der Waals surface area contributed by atoms with E-state index in [2.05, 4.69) is 125 Å². The summed E-state index contributed by atoms with van der Waals surface area (Å²) in [5.41, 5.74) is 7.95. The first kappa shape index (κ1) is 24.9. The van der Waals surface area contributed by atoms with Crippen LogP contribution < -0.4 is 0 Å². The fourth-order valence-corrected chi connectivity index (χ4v) is 4.21. The fourth-order valence-electron chi connectivity index (χ4n) is 4.21. The molecule has 0 amide bonds. The lowest BCUT2D eigenvalue weighted by Gasteiger charge is -2.37. The third-order valence-corrected chi connectivity index (χ3v) is 6.35. The van der Waals surface area contributed by atoms with Gasteiger partial charge in [-0.25, -0.2) is 0 Å². The Morgan fingerprint density at radius 3 is 1.23 bits per heavy atom. The summed E-state index contributed by atoms with van der Waals surface area (Å²) in [6, 6.07) is 33.7. The van der Waals surface area contributed by atoms with Crippen molar-refractivity contribution in [3.63, 3.8) is 0 Å². The van der Waals surface area contributed by atoms with Gasteiger partial charge in [-0.15, -0.1) is 0 Å². The van der Waals surface area contributed by atoms with Crippen LogP contribution >= 0.6 is 0 Å². The van der Waals surface area contributed by atoms with Crippen LogP contribution in [0.1, 0.15) is 44.5 Å². The first-order valence-electron chi connectivity index (χ1n) is 12.0. The van der Waals surface area contributed by atoms with Crippen molar-refractivity contribution in [2.24, 2.45) is 0 Å². The van der Waals surface area contributed by atoms with Crippen molar-refractivity contribution in [3.8, 4) is 0 Å². The van der Waals surface area contributed by atoms with E-state index in [1.54, 1.807) is 7.11 Å². The van der Waals surface area contributed by atoms with Crippen molar-refractivity contribution in [3.05, 3.63) is 142 Å². The minimum absolute atomic E-state index is 0.380. The molecule has 0 N–H and O–H groups in total. The predicted octanol–water partition coefficient (Wildman–Crippen LogP) is 7.08. The lowest BCUT2D eigenvalue weighted by atomic mass is 9.78. The van der Waals surface area contributed by atoms with E-state index in [0.717, 1.165) is 22.3 Å². The highest BCUT2D eigenvalue weighted by Gasteiger charge is 2.42. The Morgan fingerprint density at radius 1 is 0.543 bits per heavy atom. The molecular formula is C31H33BO3. The minimum Gasteiger partial charge on any atom is -0.389 e. The first-order valence-corrected chi connectivity index (χ1v) is 12.0. The molecule has 0 heterocycles. The van der Waals surface area contributed by atoms with E-state index in [9.17, 15) is 0 Å². The highest BCUT2D eigenvalue weighted by molar-refractivity contribution is 6.36. The molecule has 0 atom stereocenters. The van der Waals surface area contributed by atoms with Gasteiger partial charge in [0.2, 0.25) is 0 Å². The van der Waals surface area contributed by atoms with Crippen LogP contribution in [-0.2, 0) is 26.2 Å². The number of benzene rings is 4. The molecule has 0 spiro atoms. The Hall–Kier alpha value is -3.18.